The predicted molar refractivity (Wildman–Crippen MR) is 105 cm³/mol. The first kappa shape index (κ1) is 19.3. The smallest absolute Gasteiger partial charge is 0.123 e. The van der Waals surface area contributed by atoms with Crippen molar-refractivity contribution < 1.29 is 9.50 Å². The molecule has 140 valence electrons. The Kier molecular flexibility index (Phi) is 6.68. The number of hydrogen-bond acceptors (Lipinski definition) is 2. The van der Waals surface area contributed by atoms with E-state index in [1.54, 1.807) is 0 Å². The lowest BCUT2D eigenvalue weighted by atomic mass is 9.84. The lowest BCUT2D eigenvalue weighted by molar-refractivity contribution is -0.0261. The van der Waals surface area contributed by atoms with E-state index < -0.39 is 5.60 Å². The van der Waals surface area contributed by atoms with Gasteiger partial charge in [0.1, 0.15) is 5.82 Å². The first-order valence-electron chi connectivity index (χ1n) is 9.50. The summed E-state index contributed by atoms with van der Waals surface area (Å²) in [7, 11) is 0. The van der Waals surface area contributed by atoms with E-state index in [0.29, 0.717) is 5.02 Å². The van der Waals surface area contributed by atoms with E-state index in [0.717, 1.165) is 50.9 Å². The Morgan fingerprint density at radius 3 is 2.23 bits per heavy atom. The number of rotatable bonds is 7. The topological polar surface area (TPSA) is 23.5 Å². The fourth-order valence-electron chi connectivity index (χ4n) is 3.69. The number of hydrogen-bond donors (Lipinski definition) is 1. The van der Waals surface area contributed by atoms with Gasteiger partial charge in [-0.3, -0.25) is 0 Å². The minimum absolute atomic E-state index is 0.169. The van der Waals surface area contributed by atoms with Gasteiger partial charge in [-0.05, 0) is 74.0 Å². The summed E-state index contributed by atoms with van der Waals surface area (Å²) in [5.41, 5.74) is 1.46. The Labute approximate surface area is 160 Å². The first-order valence-corrected chi connectivity index (χ1v) is 9.88. The van der Waals surface area contributed by atoms with E-state index in [-0.39, 0.29) is 5.82 Å². The monoisotopic (exact) mass is 375 g/mol. The molecule has 1 saturated heterocycles. The molecule has 3 rings (SSSR count). The van der Waals surface area contributed by atoms with Crippen molar-refractivity contribution in [2.24, 2.45) is 0 Å². The van der Waals surface area contributed by atoms with Gasteiger partial charge in [-0.1, -0.05) is 42.3 Å². The average molecular weight is 376 g/mol. The third kappa shape index (κ3) is 5.29. The van der Waals surface area contributed by atoms with Crippen LogP contribution in [0.25, 0.3) is 0 Å². The van der Waals surface area contributed by atoms with Gasteiger partial charge in [-0.25, -0.2) is 4.39 Å². The van der Waals surface area contributed by atoms with Gasteiger partial charge in [0.05, 0.1) is 5.60 Å². The highest BCUT2D eigenvalue weighted by Crippen LogP contribution is 2.33. The summed E-state index contributed by atoms with van der Waals surface area (Å²) in [6.45, 7) is 2.94. The van der Waals surface area contributed by atoms with Crippen LogP contribution < -0.4 is 0 Å². The molecule has 0 amide bonds. The second kappa shape index (κ2) is 8.98. The number of halogens is 2. The van der Waals surface area contributed by atoms with Gasteiger partial charge in [-0.2, -0.15) is 0 Å². The maximum Gasteiger partial charge on any atom is 0.123 e. The van der Waals surface area contributed by atoms with Crippen LogP contribution in [-0.4, -0.2) is 29.6 Å². The molecule has 0 bridgehead atoms. The molecule has 0 aliphatic carbocycles. The van der Waals surface area contributed by atoms with Crippen molar-refractivity contribution in [1.29, 1.82) is 0 Å². The van der Waals surface area contributed by atoms with Gasteiger partial charge in [0, 0.05) is 18.1 Å². The van der Waals surface area contributed by atoms with Gasteiger partial charge in [0.2, 0.25) is 0 Å². The molecule has 4 heteroatoms. The molecule has 0 unspecified atom stereocenters. The van der Waals surface area contributed by atoms with Crippen molar-refractivity contribution in [1.82, 2.24) is 4.90 Å². The quantitative estimate of drug-likeness (QED) is 0.674. The van der Waals surface area contributed by atoms with E-state index in [1.165, 1.54) is 30.5 Å². The van der Waals surface area contributed by atoms with Crippen molar-refractivity contribution >= 4 is 11.6 Å². The number of aryl methyl sites for hydroxylation is 1. The Morgan fingerprint density at radius 2 is 1.58 bits per heavy atom. The van der Waals surface area contributed by atoms with Crippen molar-refractivity contribution in [3.05, 3.63) is 70.5 Å². The third-order valence-electron chi connectivity index (χ3n) is 5.42. The van der Waals surface area contributed by atoms with Gasteiger partial charge < -0.3 is 10.0 Å². The highest BCUT2D eigenvalue weighted by atomic mass is 35.5. The second-order valence-electron chi connectivity index (χ2n) is 7.32. The summed E-state index contributed by atoms with van der Waals surface area (Å²) in [5, 5.41) is 11.6. The molecule has 0 saturated carbocycles. The minimum atomic E-state index is -0.719. The number of piperidine rings is 1. The zero-order valence-electron chi connectivity index (χ0n) is 15.1. The molecular weight excluding hydrogens is 349 g/mol. The maximum atomic E-state index is 12.9. The molecule has 2 aromatic rings. The zero-order valence-corrected chi connectivity index (χ0v) is 15.9. The molecule has 0 atom stereocenters. The highest BCUT2D eigenvalue weighted by molar-refractivity contribution is 6.30. The highest BCUT2D eigenvalue weighted by Gasteiger charge is 2.33. The van der Waals surface area contributed by atoms with E-state index in [9.17, 15) is 9.50 Å². The third-order valence-corrected chi connectivity index (χ3v) is 5.67. The van der Waals surface area contributed by atoms with Gasteiger partial charge in [0.15, 0.2) is 0 Å². The normalized spacial score (nSPS) is 17.3. The van der Waals surface area contributed by atoms with Gasteiger partial charge in [-0.15, -0.1) is 0 Å². The largest absolute Gasteiger partial charge is 0.385 e. The van der Waals surface area contributed by atoms with Crippen LogP contribution in [0.1, 0.15) is 43.2 Å². The minimum Gasteiger partial charge on any atom is -0.385 e. The molecule has 0 spiro atoms. The summed E-state index contributed by atoms with van der Waals surface area (Å²) < 4.78 is 12.9. The second-order valence-corrected chi connectivity index (χ2v) is 7.75. The van der Waals surface area contributed by atoms with Crippen molar-refractivity contribution in [3.8, 4) is 0 Å². The van der Waals surface area contributed by atoms with Crippen molar-refractivity contribution in [2.45, 2.75) is 44.1 Å². The molecule has 26 heavy (non-hydrogen) atoms. The molecule has 2 aromatic carbocycles. The fraction of sp³-hybridized carbons (Fsp3) is 0.455. The SMILES string of the molecule is OC1(c2ccc(Cl)cc2)CCN(CCCCCc2ccc(F)cc2)CC1. The average Bonchev–Trinajstić information content (AvgIpc) is 2.65. The summed E-state index contributed by atoms with van der Waals surface area (Å²) in [4.78, 5) is 2.45. The lowest BCUT2D eigenvalue weighted by Gasteiger charge is -2.38. The Hall–Kier alpha value is -1.42. The Morgan fingerprint density at radius 1 is 0.923 bits per heavy atom. The standard InChI is InChI=1S/C22H27ClFNO/c23-20-9-7-19(8-10-20)22(26)13-16-25(17-14-22)15-3-1-2-4-18-5-11-21(24)12-6-18/h5-12,26H,1-4,13-17H2. The maximum absolute atomic E-state index is 12.9. The molecular formula is C22H27ClFNO. The molecule has 1 aliphatic heterocycles. The van der Waals surface area contributed by atoms with E-state index >= 15 is 0 Å². The molecule has 1 N–H and O–H groups in total. The van der Waals surface area contributed by atoms with Gasteiger partial charge in [0.25, 0.3) is 0 Å². The van der Waals surface area contributed by atoms with Crippen molar-refractivity contribution in [3.63, 3.8) is 0 Å². The number of unbranched alkanes of at least 4 members (excludes halogenated alkanes) is 2. The molecule has 1 fully saturated rings. The zero-order chi connectivity index (χ0) is 18.4. The molecule has 0 radical (unpaired) electrons. The van der Waals surface area contributed by atoms with Crippen LogP contribution >= 0.6 is 11.6 Å². The summed E-state index contributed by atoms with van der Waals surface area (Å²) >= 11 is 5.94. The first-order chi connectivity index (χ1) is 12.5. The summed E-state index contributed by atoms with van der Waals surface area (Å²) in [6, 6.07) is 14.4. The summed E-state index contributed by atoms with van der Waals surface area (Å²) in [5.74, 6) is -0.169. The number of likely N-dealkylation sites (tertiary alicyclic amines) is 1. The van der Waals surface area contributed by atoms with Crippen LogP contribution in [0.2, 0.25) is 5.02 Å². The lowest BCUT2D eigenvalue weighted by Crippen LogP contribution is -2.42. The van der Waals surface area contributed by atoms with Crippen LogP contribution in [0.15, 0.2) is 48.5 Å². The van der Waals surface area contributed by atoms with E-state index in [4.69, 9.17) is 11.6 Å². The number of nitrogens with zero attached hydrogens (tertiary/aromatic N) is 1. The number of aliphatic hydroxyl groups is 1. The molecule has 2 nitrogen and oxygen atoms in total. The Balaban J connectivity index is 1.35. The van der Waals surface area contributed by atoms with Gasteiger partial charge >= 0.3 is 0 Å². The van der Waals surface area contributed by atoms with Crippen LogP contribution in [0.3, 0.4) is 0 Å². The summed E-state index contributed by atoms with van der Waals surface area (Å²) in [6.07, 6.45) is 6.02. The van der Waals surface area contributed by atoms with Crippen LogP contribution in [0, 0.1) is 5.82 Å². The van der Waals surface area contributed by atoms with E-state index in [1.807, 2.05) is 36.4 Å². The predicted octanol–water partition coefficient (Wildman–Crippen LogP) is 5.18. The number of benzene rings is 2. The molecule has 1 aliphatic rings. The van der Waals surface area contributed by atoms with Crippen LogP contribution in [0.5, 0.6) is 0 Å². The molecule has 0 aromatic heterocycles. The van der Waals surface area contributed by atoms with Crippen LogP contribution in [0.4, 0.5) is 4.39 Å². The van der Waals surface area contributed by atoms with Crippen LogP contribution in [-0.2, 0) is 12.0 Å². The fourth-order valence-corrected chi connectivity index (χ4v) is 3.81. The molecule has 1 heterocycles. The Bertz CT molecular complexity index is 678. The van der Waals surface area contributed by atoms with E-state index in [2.05, 4.69) is 4.90 Å². The van der Waals surface area contributed by atoms with Crippen molar-refractivity contribution in [2.75, 3.05) is 19.6 Å².